The van der Waals surface area contributed by atoms with Crippen LogP contribution in [0.2, 0.25) is 0 Å². The van der Waals surface area contributed by atoms with Crippen LogP contribution in [0.1, 0.15) is 18.4 Å². The zero-order chi connectivity index (χ0) is 15.1. The van der Waals surface area contributed by atoms with E-state index in [1.165, 1.54) is 12.1 Å². The van der Waals surface area contributed by atoms with Crippen molar-refractivity contribution in [1.82, 2.24) is 0 Å². The first-order chi connectivity index (χ1) is 9.49. The SMILES string of the molecule is C#CCC/C(O)=C(\C#N)C(=O)Nc1ccc(O)c(C)c1. The Kier molecular flexibility index (Phi) is 5.20. The number of aryl methyl sites for hydroxylation is 1. The molecule has 0 unspecified atom stereocenters. The van der Waals surface area contributed by atoms with Crippen LogP contribution < -0.4 is 5.32 Å². The van der Waals surface area contributed by atoms with Crippen LogP contribution in [0.4, 0.5) is 5.69 Å². The quantitative estimate of drug-likeness (QED) is 0.257. The molecular formula is C15H14N2O3. The van der Waals surface area contributed by atoms with Gasteiger partial charge in [0.15, 0.2) is 5.57 Å². The van der Waals surface area contributed by atoms with Crippen LogP contribution in [0.15, 0.2) is 29.5 Å². The summed E-state index contributed by atoms with van der Waals surface area (Å²) in [6.07, 6.45) is 5.37. The first-order valence-electron chi connectivity index (χ1n) is 5.86. The summed E-state index contributed by atoms with van der Waals surface area (Å²) in [4.78, 5) is 11.9. The minimum atomic E-state index is -0.716. The lowest BCUT2D eigenvalue weighted by Crippen LogP contribution is -2.15. The number of phenolic OH excluding ortho intramolecular Hbond substituents is 1. The number of nitrogens with zero attached hydrogens (tertiary/aromatic N) is 1. The van der Waals surface area contributed by atoms with Crippen molar-refractivity contribution in [2.24, 2.45) is 0 Å². The average molecular weight is 270 g/mol. The Bertz CT molecular complexity index is 633. The van der Waals surface area contributed by atoms with Crippen LogP contribution in [0.3, 0.4) is 0 Å². The van der Waals surface area contributed by atoms with E-state index in [1.807, 2.05) is 0 Å². The third-order valence-electron chi connectivity index (χ3n) is 2.59. The molecule has 0 spiro atoms. The molecule has 1 rings (SSSR count). The number of aliphatic hydroxyl groups is 1. The first kappa shape index (κ1) is 15.1. The maximum absolute atomic E-state index is 11.9. The Balaban J connectivity index is 2.91. The van der Waals surface area contributed by atoms with Crippen molar-refractivity contribution in [3.05, 3.63) is 35.1 Å². The highest BCUT2D eigenvalue weighted by atomic mass is 16.3. The van der Waals surface area contributed by atoms with Gasteiger partial charge in [-0.1, -0.05) is 0 Å². The summed E-state index contributed by atoms with van der Waals surface area (Å²) in [5.41, 5.74) is 0.635. The van der Waals surface area contributed by atoms with E-state index in [-0.39, 0.29) is 29.9 Å². The third-order valence-corrected chi connectivity index (χ3v) is 2.59. The smallest absolute Gasteiger partial charge is 0.269 e. The number of aliphatic hydroxyl groups excluding tert-OH is 1. The van der Waals surface area contributed by atoms with Gasteiger partial charge in [-0.25, -0.2) is 0 Å². The minimum absolute atomic E-state index is 0.0709. The first-order valence-corrected chi connectivity index (χ1v) is 5.86. The Labute approximate surface area is 117 Å². The number of phenols is 1. The predicted octanol–water partition coefficient (Wildman–Crippen LogP) is 2.39. The molecule has 0 bridgehead atoms. The van der Waals surface area contributed by atoms with E-state index in [4.69, 9.17) is 11.7 Å². The van der Waals surface area contributed by atoms with E-state index in [9.17, 15) is 15.0 Å². The zero-order valence-corrected chi connectivity index (χ0v) is 11.0. The number of hydrogen-bond acceptors (Lipinski definition) is 4. The molecule has 0 aliphatic heterocycles. The molecule has 0 aromatic heterocycles. The Hall–Kier alpha value is -2.92. The predicted molar refractivity (Wildman–Crippen MR) is 74.8 cm³/mol. The second-order valence-electron chi connectivity index (χ2n) is 4.09. The number of carbonyl (C=O) groups excluding carboxylic acids is 1. The van der Waals surface area contributed by atoms with Crippen LogP contribution in [-0.2, 0) is 4.79 Å². The van der Waals surface area contributed by atoms with Crippen LogP contribution in [0.25, 0.3) is 0 Å². The molecule has 3 N–H and O–H groups in total. The van der Waals surface area contributed by atoms with Gasteiger partial charge in [-0.2, -0.15) is 5.26 Å². The summed E-state index contributed by atoms with van der Waals surface area (Å²) in [5.74, 6) is 1.37. The lowest BCUT2D eigenvalue weighted by molar-refractivity contribution is -0.112. The number of anilines is 1. The van der Waals surface area contributed by atoms with E-state index in [0.717, 1.165) is 0 Å². The van der Waals surface area contributed by atoms with Crippen LogP contribution in [0.5, 0.6) is 5.75 Å². The van der Waals surface area contributed by atoms with Crippen molar-refractivity contribution in [2.45, 2.75) is 19.8 Å². The maximum atomic E-state index is 11.9. The lowest BCUT2D eigenvalue weighted by atomic mass is 10.1. The van der Waals surface area contributed by atoms with Crippen molar-refractivity contribution in [1.29, 1.82) is 5.26 Å². The normalized spacial score (nSPS) is 10.9. The van der Waals surface area contributed by atoms with E-state index < -0.39 is 5.91 Å². The summed E-state index contributed by atoms with van der Waals surface area (Å²) in [6.45, 7) is 1.68. The Morgan fingerprint density at radius 3 is 2.75 bits per heavy atom. The molecule has 0 aliphatic rings. The molecule has 0 saturated heterocycles. The summed E-state index contributed by atoms with van der Waals surface area (Å²) in [7, 11) is 0. The maximum Gasteiger partial charge on any atom is 0.269 e. The molecule has 5 nitrogen and oxygen atoms in total. The fourth-order valence-electron chi connectivity index (χ4n) is 1.49. The summed E-state index contributed by atoms with van der Waals surface area (Å²) in [5, 5.41) is 30.4. The molecule has 1 amide bonds. The molecule has 0 saturated carbocycles. The summed E-state index contributed by atoms with van der Waals surface area (Å²) in [6, 6.07) is 6.14. The molecule has 1 aromatic rings. The Morgan fingerprint density at radius 2 is 2.20 bits per heavy atom. The van der Waals surface area contributed by atoms with Gasteiger partial charge < -0.3 is 15.5 Å². The largest absolute Gasteiger partial charge is 0.511 e. The van der Waals surface area contributed by atoms with Gasteiger partial charge >= 0.3 is 0 Å². The van der Waals surface area contributed by atoms with E-state index >= 15 is 0 Å². The third kappa shape index (κ3) is 3.79. The second-order valence-corrected chi connectivity index (χ2v) is 4.09. The number of amides is 1. The number of hydrogen-bond donors (Lipinski definition) is 3. The van der Waals surface area contributed by atoms with Crippen molar-refractivity contribution in [3.8, 4) is 24.2 Å². The molecule has 0 fully saturated rings. The van der Waals surface area contributed by atoms with E-state index in [2.05, 4.69) is 11.2 Å². The van der Waals surface area contributed by atoms with Crippen LogP contribution in [-0.4, -0.2) is 16.1 Å². The highest BCUT2D eigenvalue weighted by molar-refractivity contribution is 6.06. The molecule has 20 heavy (non-hydrogen) atoms. The molecular weight excluding hydrogens is 256 g/mol. The van der Waals surface area contributed by atoms with Gasteiger partial charge in [0.25, 0.3) is 5.91 Å². The van der Waals surface area contributed by atoms with Crippen LogP contribution >= 0.6 is 0 Å². The monoisotopic (exact) mass is 270 g/mol. The highest BCUT2D eigenvalue weighted by Gasteiger charge is 2.15. The van der Waals surface area contributed by atoms with Gasteiger partial charge in [-0.15, -0.1) is 12.3 Å². The van der Waals surface area contributed by atoms with Gasteiger partial charge in [-0.05, 0) is 30.7 Å². The molecule has 1 aromatic carbocycles. The number of rotatable bonds is 4. The van der Waals surface area contributed by atoms with Gasteiger partial charge in [0, 0.05) is 18.5 Å². The van der Waals surface area contributed by atoms with Gasteiger partial charge in [0.05, 0.1) is 0 Å². The van der Waals surface area contributed by atoms with Crippen molar-refractivity contribution < 1.29 is 15.0 Å². The number of nitriles is 1. The van der Waals surface area contributed by atoms with E-state index in [1.54, 1.807) is 19.1 Å². The van der Waals surface area contributed by atoms with E-state index in [0.29, 0.717) is 11.3 Å². The van der Waals surface area contributed by atoms with Gasteiger partial charge in [0.2, 0.25) is 0 Å². The highest BCUT2D eigenvalue weighted by Crippen LogP contribution is 2.21. The summed E-state index contributed by atoms with van der Waals surface area (Å²) < 4.78 is 0. The number of allylic oxidation sites excluding steroid dienone is 1. The number of aromatic hydroxyl groups is 1. The van der Waals surface area contributed by atoms with Gasteiger partial charge in [0.1, 0.15) is 17.6 Å². The van der Waals surface area contributed by atoms with Crippen molar-refractivity contribution in [2.75, 3.05) is 5.32 Å². The van der Waals surface area contributed by atoms with Crippen LogP contribution in [0, 0.1) is 30.6 Å². The number of terminal acetylenes is 1. The second kappa shape index (κ2) is 6.86. The lowest BCUT2D eigenvalue weighted by Gasteiger charge is -2.07. The van der Waals surface area contributed by atoms with Gasteiger partial charge in [-0.3, -0.25) is 4.79 Å². The standard InChI is InChI=1S/C15H14N2O3/c1-3-4-5-14(19)12(9-16)15(20)17-11-6-7-13(18)10(2)8-11/h1,6-8,18-19H,4-5H2,2H3,(H,17,20)/b14-12-. The topological polar surface area (TPSA) is 93.3 Å². The molecule has 102 valence electrons. The fourth-order valence-corrected chi connectivity index (χ4v) is 1.49. The number of benzene rings is 1. The zero-order valence-electron chi connectivity index (χ0n) is 11.0. The molecule has 0 heterocycles. The van der Waals surface area contributed by atoms with Crippen molar-refractivity contribution >= 4 is 11.6 Å². The molecule has 0 radical (unpaired) electrons. The van der Waals surface area contributed by atoms with Crippen molar-refractivity contribution in [3.63, 3.8) is 0 Å². The fraction of sp³-hybridized carbons (Fsp3) is 0.200. The number of carbonyl (C=O) groups is 1. The Morgan fingerprint density at radius 1 is 1.50 bits per heavy atom. The summed E-state index contributed by atoms with van der Waals surface area (Å²) >= 11 is 0. The number of nitrogens with one attached hydrogen (secondary N) is 1. The average Bonchev–Trinajstić information content (AvgIpc) is 2.41. The minimum Gasteiger partial charge on any atom is -0.511 e. The molecule has 0 aliphatic carbocycles. The molecule has 0 atom stereocenters. The molecule has 5 heteroatoms.